The Labute approximate surface area is 160 Å². The molecule has 1 N–H and O–H groups in total. The first-order valence-corrected chi connectivity index (χ1v) is 9.24. The molecule has 0 unspecified atom stereocenters. The summed E-state index contributed by atoms with van der Waals surface area (Å²) in [6.45, 7) is 3.51. The molecule has 3 rings (SSSR count). The summed E-state index contributed by atoms with van der Waals surface area (Å²) >= 11 is 3.30. The second-order valence-corrected chi connectivity index (χ2v) is 6.86. The molecule has 4 nitrogen and oxygen atoms in total. The van der Waals surface area contributed by atoms with Crippen LogP contribution in [0.25, 0.3) is 6.08 Å². The van der Waals surface area contributed by atoms with Gasteiger partial charge in [0, 0.05) is 41.4 Å². The average molecular weight is 419 g/mol. The van der Waals surface area contributed by atoms with Gasteiger partial charge in [0.05, 0.1) is 13.2 Å². The van der Waals surface area contributed by atoms with Crippen LogP contribution >= 0.6 is 15.9 Å². The number of carbonyl (C=O) groups excluding carboxylic acids is 1. The van der Waals surface area contributed by atoms with Crippen LogP contribution in [-0.4, -0.2) is 32.2 Å². The number of rotatable bonds is 5. The molecular formula is C20H20BrFN2O2. The van der Waals surface area contributed by atoms with Crippen molar-refractivity contribution in [3.05, 3.63) is 70.0 Å². The van der Waals surface area contributed by atoms with E-state index in [0.29, 0.717) is 25.3 Å². The number of hydrogen-bond donors (Lipinski definition) is 1. The first kappa shape index (κ1) is 18.6. The third kappa shape index (κ3) is 4.93. The Bertz CT molecular complexity index is 804. The van der Waals surface area contributed by atoms with Crippen molar-refractivity contribution in [3.63, 3.8) is 0 Å². The second kappa shape index (κ2) is 8.96. The maximum atomic E-state index is 13.7. The number of ether oxygens (including phenoxy) is 1. The van der Waals surface area contributed by atoms with E-state index in [1.165, 1.54) is 18.2 Å². The van der Waals surface area contributed by atoms with E-state index >= 15 is 0 Å². The molecule has 0 aromatic heterocycles. The molecule has 1 aliphatic rings. The highest BCUT2D eigenvalue weighted by molar-refractivity contribution is 9.10. The Morgan fingerprint density at radius 2 is 2.00 bits per heavy atom. The molecule has 0 bridgehead atoms. The van der Waals surface area contributed by atoms with Crippen LogP contribution in [0.2, 0.25) is 0 Å². The van der Waals surface area contributed by atoms with Gasteiger partial charge in [-0.3, -0.25) is 4.79 Å². The SMILES string of the molecule is O=C(/C=C/c1cc(Br)ccc1F)NCc1ccccc1N1CCOCC1. The van der Waals surface area contributed by atoms with Crippen LogP contribution in [0.3, 0.4) is 0 Å². The number of benzene rings is 2. The van der Waals surface area contributed by atoms with Crippen LogP contribution in [0, 0.1) is 5.82 Å². The van der Waals surface area contributed by atoms with Crippen LogP contribution in [0.4, 0.5) is 10.1 Å². The van der Waals surface area contributed by atoms with Crippen molar-refractivity contribution in [3.8, 4) is 0 Å². The molecule has 136 valence electrons. The monoisotopic (exact) mass is 418 g/mol. The molecule has 0 saturated carbocycles. The van der Waals surface area contributed by atoms with Gasteiger partial charge in [-0.1, -0.05) is 34.1 Å². The number of carbonyl (C=O) groups is 1. The van der Waals surface area contributed by atoms with E-state index in [1.807, 2.05) is 18.2 Å². The minimum Gasteiger partial charge on any atom is -0.378 e. The molecule has 1 fully saturated rings. The number of hydrogen-bond acceptors (Lipinski definition) is 3. The molecule has 0 spiro atoms. The topological polar surface area (TPSA) is 41.6 Å². The summed E-state index contributed by atoms with van der Waals surface area (Å²) < 4.78 is 19.9. The normalized spacial score (nSPS) is 14.6. The number of amides is 1. The molecule has 1 aliphatic heterocycles. The predicted molar refractivity (Wildman–Crippen MR) is 104 cm³/mol. The molecule has 2 aromatic carbocycles. The molecule has 2 aromatic rings. The lowest BCUT2D eigenvalue weighted by Crippen LogP contribution is -2.37. The fourth-order valence-corrected chi connectivity index (χ4v) is 3.20. The van der Waals surface area contributed by atoms with Gasteiger partial charge >= 0.3 is 0 Å². The van der Waals surface area contributed by atoms with Crippen LogP contribution in [0.5, 0.6) is 0 Å². The Kier molecular flexibility index (Phi) is 6.41. The van der Waals surface area contributed by atoms with E-state index in [2.05, 4.69) is 32.2 Å². The molecule has 0 radical (unpaired) electrons. The maximum absolute atomic E-state index is 13.7. The van der Waals surface area contributed by atoms with Gasteiger partial charge in [0.25, 0.3) is 0 Å². The van der Waals surface area contributed by atoms with Crippen LogP contribution in [0.1, 0.15) is 11.1 Å². The number of nitrogens with zero attached hydrogens (tertiary/aromatic N) is 1. The lowest BCUT2D eigenvalue weighted by molar-refractivity contribution is -0.116. The molecule has 6 heteroatoms. The van der Waals surface area contributed by atoms with Crippen molar-refractivity contribution in [1.82, 2.24) is 5.32 Å². The zero-order valence-corrected chi connectivity index (χ0v) is 15.8. The minimum atomic E-state index is -0.366. The van der Waals surface area contributed by atoms with Crippen molar-refractivity contribution >= 4 is 33.6 Å². The standard InChI is InChI=1S/C20H20BrFN2O2/c21-17-6-7-18(22)15(13-17)5-8-20(25)23-14-16-3-1-2-4-19(16)24-9-11-26-12-10-24/h1-8,13H,9-12,14H2,(H,23,25)/b8-5+. The summed E-state index contributed by atoms with van der Waals surface area (Å²) in [7, 11) is 0. The summed E-state index contributed by atoms with van der Waals surface area (Å²) in [6.07, 6.45) is 2.82. The Hall–Kier alpha value is -2.18. The zero-order chi connectivity index (χ0) is 18.4. The number of anilines is 1. The van der Waals surface area contributed by atoms with E-state index in [4.69, 9.17) is 4.74 Å². The molecule has 26 heavy (non-hydrogen) atoms. The second-order valence-electron chi connectivity index (χ2n) is 5.95. The minimum absolute atomic E-state index is 0.263. The van der Waals surface area contributed by atoms with Gasteiger partial charge < -0.3 is 15.0 Å². The number of para-hydroxylation sites is 1. The summed E-state index contributed by atoms with van der Waals surface area (Å²) in [6, 6.07) is 12.6. The van der Waals surface area contributed by atoms with Crippen LogP contribution in [0.15, 0.2) is 53.0 Å². The lowest BCUT2D eigenvalue weighted by Gasteiger charge is -2.30. The van der Waals surface area contributed by atoms with Crippen molar-refractivity contribution in [2.45, 2.75) is 6.54 Å². The first-order valence-electron chi connectivity index (χ1n) is 8.45. The van der Waals surface area contributed by atoms with E-state index in [9.17, 15) is 9.18 Å². The maximum Gasteiger partial charge on any atom is 0.244 e. The number of morpholine rings is 1. The third-order valence-corrected chi connectivity index (χ3v) is 4.66. The Morgan fingerprint density at radius 3 is 2.81 bits per heavy atom. The van der Waals surface area contributed by atoms with Crippen molar-refractivity contribution in [2.24, 2.45) is 0 Å². The molecule has 1 saturated heterocycles. The quantitative estimate of drug-likeness (QED) is 0.751. The molecule has 1 amide bonds. The van der Waals surface area contributed by atoms with Crippen molar-refractivity contribution in [1.29, 1.82) is 0 Å². The van der Waals surface area contributed by atoms with Gasteiger partial charge in [0.1, 0.15) is 5.82 Å². The highest BCUT2D eigenvalue weighted by Gasteiger charge is 2.14. The molecular weight excluding hydrogens is 399 g/mol. The fraction of sp³-hybridized carbons (Fsp3) is 0.250. The van der Waals surface area contributed by atoms with E-state index in [-0.39, 0.29) is 11.7 Å². The van der Waals surface area contributed by atoms with Gasteiger partial charge in [-0.25, -0.2) is 4.39 Å². The number of nitrogens with one attached hydrogen (secondary N) is 1. The zero-order valence-electron chi connectivity index (χ0n) is 14.3. The molecule has 0 atom stereocenters. The van der Waals surface area contributed by atoms with Gasteiger partial charge in [0.2, 0.25) is 5.91 Å². The summed E-state index contributed by atoms with van der Waals surface area (Å²) in [5.74, 6) is -0.629. The Balaban J connectivity index is 1.63. The third-order valence-electron chi connectivity index (χ3n) is 4.17. The fourth-order valence-electron chi connectivity index (χ4n) is 2.82. The van der Waals surface area contributed by atoms with Crippen molar-refractivity contribution in [2.75, 3.05) is 31.2 Å². The van der Waals surface area contributed by atoms with Gasteiger partial charge in [0.15, 0.2) is 0 Å². The van der Waals surface area contributed by atoms with Gasteiger partial charge in [-0.05, 0) is 35.9 Å². The molecule has 1 heterocycles. The summed E-state index contributed by atoms with van der Waals surface area (Å²) in [5, 5.41) is 2.86. The number of halogens is 2. The van der Waals surface area contributed by atoms with Crippen LogP contribution < -0.4 is 10.2 Å². The largest absolute Gasteiger partial charge is 0.378 e. The molecule has 0 aliphatic carbocycles. The lowest BCUT2D eigenvalue weighted by atomic mass is 10.1. The first-order chi connectivity index (χ1) is 12.6. The van der Waals surface area contributed by atoms with Gasteiger partial charge in [-0.15, -0.1) is 0 Å². The summed E-state index contributed by atoms with van der Waals surface area (Å²) in [4.78, 5) is 14.4. The van der Waals surface area contributed by atoms with E-state index in [0.717, 1.165) is 28.8 Å². The summed E-state index contributed by atoms with van der Waals surface area (Å²) in [5.41, 5.74) is 2.52. The van der Waals surface area contributed by atoms with Crippen molar-refractivity contribution < 1.29 is 13.9 Å². The predicted octanol–water partition coefficient (Wildman–Crippen LogP) is 3.75. The highest BCUT2D eigenvalue weighted by Crippen LogP contribution is 2.21. The smallest absolute Gasteiger partial charge is 0.244 e. The van der Waals surface area contributed by atoms with E-state index < -0.39 is 0 Å². The Morgan fingerprint density at radius 1 is 1.23 bits per heavy atom. The van der Waals surface area contributed by atoms with Crippen LogP contribution in [-0.2, 0) is 16.1 Å². The van der Waals surface area contributed by atoms with E-state index in [1.54, 1.807) is 12.1 Å². The highest BCUT2D eigenvalue weighted by atomic mass is 79.9. The average Bonchev–Trinajstić information content (AvgIpc) is 2.68. The van der Waals surface area contributed by atoms with Gasteiger partial charge in [-0.2, -0.15) is 0 Å².